The Labute approximate surface area is 142 Å². The van der Waals surface area contributed by atoms with Gasteiger partial charge in [0.25, 0.3) is 5.91 Å². The molecule has 2 N–H and O–H groups in total. The number of hydrogen-bond donors (Lipinski definition) is 2. The van der Waals surface area contributed by atoms with Crippen LogP contribution < -0.4 is 10.6 Å². The van der Waals surface area contributed by atoms with Crippen molar-refractivity contribution in [1.82, 2.24) is 10.6 Å². The van der Waals surface area contributed by atoms with Gasteiger partial charge in [-0.05, 0) is 40.6 Å². The summed E-state index contributed by atoms with van der Waals surface area (Å²) in [5, 5.41) is 6.82. The third kappa shape index (κ3) is 3.79. The molecule has 2 aromatic rings. The van der Waals surface area contributed by atoms with Crippen LogP contribution in [0.5, 0.6) is 0 Å². The van der Waals surface area contributed by atoms with Gasteiger partial charge in [-0.2, -0.15) is 0 Å². The average Bonchev–Trinajstić information content (AvgIpc) is 3.04. The summed E-state index contributed by atoms with van der Waals surface area (Å²) in [5.41, 5.74) is 1.04. The second-order valence-corrected chi connectivity index (χ2v) is 6.47. The van der Waals surface area contributed by atoms with Crippen LogP contribution in [0.15, 0.2) is 29.6 Å². The standard InChI is InChI=1S/C17H18F2N2O2S/c1-9(2)11-6-7-24-15(11)17(23)21-14(16(22)20-3)10-4-5-12(18)13(19)8-10/h4-9,14H,1-3H3,(H,20,22)(H,21,23). The van der Waals surface area contributed by atoms with Gasteiger partial charge in [0.05, 0.1) is 4.88 Å². The molecule has 0 radical (unpaired) electrons. The van der Waals surface area contributed by atoms with Crippen LogP contribution in [0.4, 0.5) is 8.78 Å². The maximum atomic E-state index is 13.5. The van der Waals surface area contributed by atoms with Gasteiger partial charge in [-0.15, -0.1) is 11.3 Å². The quantitative estimate of drug-likeness (QED) is 0.867. The molecule has 2 rings (SSSR count). The van der Waals surface area contributed by atoms with E-state index in [9.17, 15) is 18.4 Å². The Morgan fingerprint density at radius 2 is 1.83 bits per heavy atom. The number of likely N-dealkylation sites (N-methyl/N-ethyl adjacent to an activating group) is 1. The van der Waals surface area contributed by atoms with E-state index in [0.29, 0.717) is 4.88 Å². The fourth-order valence-corrected chi connectivity index (χ4v) is 3.25. The molecular formula is C17H18F2N2O2S. The lowest BCUT2D eigenvalue weighted by Crippen LogP contribution is -2.39. The first-order valence-electron chi connectivity index (χ1n) is 7.40. The number of hydrogen-bond acceptors (Lipinski definition) is 3. The van der Waals surface area contributed by atoms with Crippen LogP contribution in [0.1, 0.15) is 46.6 Å². The molecule has 2 amide bonds. The molecule has 1 heterocycles. The van der Waals surface area contributed by atoms with Crippen LogP contribution in [0.3, 0.4) is 0 Å². The summed E-state index contributed by atoms with van der Waals surface area (Å²) in [4.78, 5) is 25.1. The zero-order valence-electron chi connectivity index (χ0n) is 13.5. The van der Waals surface area contributed by atoms with Crippen molar-refractivity contribution in [2.45, 2.75) is 25.8 Å². The minimum Gasteiger partial charge on any atom is -0.357 e. The zero-order chi connectivity index (χ0) is 17.9. The lowest BCUT2D eigenvalue weighted by molar-refractivity contribution is -0.122. The summed E-state index contributed by atoms with van der Waals surface area (Å²) < 4.78 is 26.6. The molecule has 1 aromatic heterocycles. The molecule has 4 nitrogen and oxygen atoms in total. The smallest absolute Gasteiger partial charge is 0.262 e. The topological polar surface area (TPSA) is 58.2 Å². The lowest BCUT2D eigenvalue weighted by Gasteiger charge is -2.18. The van der Waals surface area contributed by atoms with Gasteiger partial charge in [-0.3, -0.25) is 9.59 Å². The molecular weight excluding hydrogens is 334 g/mol. The molecule has 1 aromatic carbocycles. The fourth-order valence-electron chi connectivity index (χ4n) is 2.29. The number of carbonyl (C=O) groups excluding carboxylic acids is 2. The Kier molecular flexibility index (Phi) is 5.66. The summed E-state index contributed by atoms with van der Waals surface area (Å²) in [6.45, 7) is 3.93. The summed E-state index contributed by atoms with van der Waals surface area (Å²) in [7, 11) is 1.41. The van der Waals surface area contributed by atoms with Crippen LogP contribution in [0.2, 0.25) is 0 Å². The average molecular weight is 352 g/mol. The SMILES string of the molecule is CNC(=O)C(NC(=O)c1sccc1C(C)C)c1ccc(F)c(F)c1. The van der Waals surface area contributed by atoms with Gasteiger partial charge < -0.3 is 10.6 Å². The first-order chi connectivity index (χ1) is 11.3. The number of amides is 2. The van der Waals surface area contributed by atoms with Crippen LogP contribution in [0, 0.1) is 11.6 Å². The molecule has 1 atom stereocenters. The minimum atomic E-state index is -1.11. The molecule has 0 saturated carbocycles. The highest BCUT2D eigenvalue weighted by Gasteiger charge is 2.25. The van der Waals surface area contributed by atoms with E-state index < -0.39 is 29.5 Å². The monoisotopic (exact) mass is 352 g/mol. The number of carbonyl (C=O) groups is 2. The fraction of sp³-hybridized carbons (Fsp3) is 0.294. The van der Waals surface area contributed by atoms with E-state index in [1.54, 1.807) is 5.38 Å². The summed E-state index contributed by atoms with van der Waals surface area (Å²) in [5.74, 6) is -2.88. The molecule has 1 unspecified atom stereocenters. The largest absolute Gasteiger partial charge is 0.357 e. The molecule has 7 heteroatoms. The first kappa shape index (κ1) is 18.1. The Hall–Kier alpha value is -2.28. The van der Waals surface area contributed by atoms with Crippen molar-refractivity contribution in [3.05, 3.63) is 57.3 Å². The Morgan fingerprint density at radius 1 is 1.12 bits per heavy atom. The molecule has 0 aliphatic carbocycles. The second-order valence-electron chi connectivity index (χ2n) is 5.55. The van der Waals surface area contributed by atoms with Crippen molar-refractivity contribution in [2.24, 2.45) is 0 Å². The molecule has 0 spiro atoms. The van der Waals surface area contributed by atoms with E-state index in [0.717, 1.165) is 17.7 Å². The highest BCUT2D eigenvalue weighted by Crippen LogP contribution is 2.26. The van der Waals surface area contributed by atoms with Gasteiger partial charge in [0, 0.05) is 7.05 Å². The van der Waals surface area contributed by atoms with E-state index in [2.05, 4.69) is 10.6 Å². The molecule has 24 heavy (non-hydrogen) atoms. The molecule has 0 fully saturated rings. The maximum absolute atomic E-state index is 13.5. The van der Waals surface area contributed by atoms with Crippen molar-refractivity contribution in [2.75, 3.05) is 7.05 Å². The maximum Gasteiger partial charge on any atom is 0.262 e. The van der Waals surface area contributed by atoms with Gasteiger partial charge in [0.2, 0.25) is 5.91 Å². The van der Waals surface area contributed by atoms with E-state index in [1.807, 2.05) is 19.9 Å². The van der Waals surface area contributed by atoms with Gasteiger partial charge in [0.15, 0.2) is 11.6 Å². The van der Waals surface area contributed by atoms with Crippen molar-refractivity contribution < 1.29 is 18.4 Å². The number of nitrogens with one attached hydrogen (secondary N) is 2. The third-order valence-electron chi connectivity index (χ3n) is 3.58. The molecule has 0 aliphatic heterocycles. The van der Waals surface area contributed by atoms with E-state index in [-0.39, 0.29) is 11.5 Å². The van der Waals surface area contributed by atoms with Crippen LogP contribution in [-0.4, -0.2) is 18.9 Å². The van der Waals surface area contributed by atoms with Crippen LogP contribution in [0.25, 0.3) is 0 Å². The highest BCUT2D eigenvalue weighted by molar-refractivity contribution is 7.12. The van der Waals surface area contributed by atoms with Crippen molar-refractivity contribution in [3.63, 3.8) is 0 Å². The predicted octanol–water partition coefficient (Wildman–Crippen LogP) is 3.37. The zero-order valence-corrected chi connectivity index (χ0v) is 14.3. The number of benzene rings is 1. The normalized spacial score (nSPS) is 12.1. The summed E-state index contributed by atoms with van der Waals surface area (Å²) >= 11 is 1.27. The number of thiophene rings is 1. The molecule has 0 bridgehead atoms. The van der Waals surface area contributed by atoms with Crippen LogP contribution >= 0.6 is 11.3 Å². The third-order valence-corrected chi connectivity index (χ3v) is 4.51. The Morgan fingerprint density at radius 3 is 2.42 bits per heavy atom. The first-order valence-corrected chi connectivity index (χ1v) is 8.28. The van der Waals surface area contributed by atoms with E-state index in [1.165, 1.54) is 24.5 Å². The molecule has 0 aliphatic rings. The number of halogens is 2. The van der Waals surface area contributed by atoms with Gasteiger partial charge >= 0.3 is 0 Å². The van der Waals surface area contributed by atoms with Crippen molar-refractivity contribution in [3.8, 4) is 0 Å². The van der Waals surface area contributed by atoms with Crippen molar-refractivity contribution >= 4 is 23.2 Å². The molecule has 128 valence electrons. The Bertz CT molecular complexity index is 759. The second kappa shape index (κ2) is 7.53. The Balaban J connectivity index is 2.32. The number of rotatable bonds is 5. The minimum absolute atomic E-state index is 0.152. The van der Waals surface area contributed by atoms with Crippen LogP contribution in [-0.2, 0) is 4.79 Å². The lowest BCUT2D eigenvalue weighted by atomic mass is 10.0. The van der Waals surface area contributed by atoms with E-state index >= 15 is 0 Å². The van der Waals surface area contributed by atoms with Gasteiger partial charge in [-0.1, -0.05) is 19.9 Å². The van der Waals surface area contributed by atoms with Gasteiger partial charge in [-0.25, -0.2) is 8.78 Å². The predicted molar refractivity (Wildman–Crippen MR) is 89.0 cm³/mol. The van der Waals surface area contributed by atoms with E-state index in [4.69, 9.17) is 0 Å². The summed E-state index contributed by atoms with van der Waals surface area (Å²) in [6, 6.07) is 3.86. The van der Waals surface area contributed by atoms with Crippen molar-refractivity contribution in [1.29, 1.82) is 0 Å². The molecule has 0 saturated heterocycles. The highest BCUT2D eigenvalue weighted by atomic mass is 32.1. The van der Waals surface area contributed by atoms with Gasteiger partial charge in [0.1, 0.15) is 6.04 Å². The summed E-state index contributed by atoms with van der Waals surface area (Å²) in [6.07, 6.45) is 0.